The molecule has 2 heterocycles. The highest BCUT2D eigenvalue weighted by Gasteiger charge is 2.23. The maximum atomic E-state index is 5.14. The first-order valence-corrected chi connectivity index (χ1v) is 14.3. The van der Waals surface area contributed by atoms with E-state index in [0.717, 1.165) is 23.9 Å². The van der Waals surface area contributed by atoms with Gasteiger partial charge in [-0.2, -0.15) is 0 Å². The van der Waals surface area contributed by atoms with Gasteiger partial charge in [-0.25, -0.2) is 4.98 Å². The molecule has 192 valence electrons. The fourth-order valence-electron chi connectivity index (χ4n) is 6.67. The summed E-state index contributed by atoms with van der Waals surface area (Å²) in [5.41, 5.74) is 8.81. The molecule has 4 aliphatic rings. The molecule has 3 aromatic carbocycles. The highest BCUT2D eigenvalue weighted by Crippen LogP contribution is 2.40. The molecule has 0 bridgehead atoms. The molecule has 1 aliphatic heterocycles. The Kier molecular flexibility index (Phi) is 5.51. The number of aromatic nitrogens is 1. The minimum Gasteiger partial charge on any atom is -0.374 e. The van der Waals surface area contributed by atoms with Crippen molar-refractivity contribution in [1.82, 2.24) is 10.3 Å². The second-order valence-electron chi connectivity index (χ2n) is 11.1. The molecule has 0 saturated carbocycles. The van der Waals surface area contributed by atoms with Crippen LogP contribution in [-0.4, -0.2) is 11.0 Å². The largest absolute Gasteiger partial charge is 0.374 e. The second-order valence-corrected chi connectivity index (χ2v) is 11.1. The Bertz CT molecular complexity index is 1940. The fraction of sp³-hybridized carbons (Fsp3) is 0.132. The number of fused-ring (bicyclic) bond motifs is 5. The molecule has 1 N–H and O–H groups in total. The Labute approximate surface area is 234 Å². The molecule has 8 rings (SSSR count). The molecular formula is C38H30N2. The van der Waals surface area contributed by atoms with Crippen LogP contribution in [0, 0.1) is 5.92 Å². The van der Waals surface area contributed by atoms with E-state index in [1.54, 1.807) is 0 Å². The van der Waals surface area contributed by atoms with E-state index in [2.05, 4.69) is 139 Å². The summed E-state index contributed by atoms with van der Waals surface area (Å²) in [7, 11) is 0. The number of hydrogen-bond donors (Lipinski definition) is 1. The lowest BCUT2D eigenvalue weighted by Crippen LogP contribution is -2.31. The molecule has 0 amide bonds. The smallest absolute Gasteiger partial charge is 0.0791 e. The summed E-state index contributed by atoms with van der Waals surface area (Å²) in [6.45, 7) is 0. The summed E-state index contributed by atoms with van der Waals surface area (Å²) < 4.78 is 0. The number of para-hydroxylation sites is 1. The molecule has 0 fully saturated rings. The summed E-state index contributed by atoms with van der Waals surface area (Å²) in [6.07, 6.45) is 29.4. The summed E-state index contributed by atoms with van der Waals surface area (Å²) in [4.78, 5) is 5.14. The molecule has 0 spiro atoms. The minimum atomic E-state index is 0.274. The normalized spacial score (nSPS) is 23.4. The predicted molar refractivity (Wildman–Crippen MR) is 168 cm³/mol. The SMILES string of the molecule is C1=CC2=CC=C(C3=CCC(C4=CCC(c5c6ccccc6nc6c5ccc5ccccc56)C=C4)C=C3)NC2C=C1. The van der Waals surface area contributed by atoms with Gasteiger partial charge in [0.15, 0.2) is 0 Å². The Morgan fingerprint density at radius 2 is 1.50 bits per heavy atom. The van der Waals surface area contributed by atoms with Gasteiger partial charge in [-0.05, 0) is 52.7 Å². The minimum absolute atomic E-state index is 0.274. The van der Waals surface area contributed by atoms with Crippen molar-refractivity contribution >= 4 is 32.6 Å². The zero-order valence-corrected chi connectivity index (χ0v) is 22.3. The van der Waals surface area contributed by atoms with Gasteiger partial charge in [0.05, 0.1) is 17.1 Å². The van der Waals surface area contributed by atoms with Crippen LogP contribution < -0.4 is 5.32 Å². The first kappa shape index (κ1) is 23.2. The number of allylic oxidation sites excluding steroid dienone is 11. The average Bonchev–Trinajstić information content (AvgIpc) is 3.03. The van der Waals surface area contributed by atoms with Crippen LogP contribution in [0.4, 0.5) is 0 Å². The Morgan fingerprint density at radius 3 is 2.38 bits per heavy atom. The van der Waals surface area contributed by atoms with Crippen LogP contribution in [0.3, 0.4) is 0 Å². The van der Waals surface area contributed by atoms with Crippen LogP contribution >= 0.6 is 0 Å². The first-order valence-electron chi connectivity index (χ1n) is 14.3. The summed E-state index contributed by atoms with van der Waals surface area (Å²) in [5.74, 6) is 0.748. The molecule has 0 radical (unpaired) electrons. The molecule has 3 unspecified atom stereocenters. The molecule has 40 heavy (non-hydrogen) atoms. The number of rotatable bonds is 3. The molecule has 3 atom stereocenters. The second kappa shape index (κ2) is 9.50. The third-order valence-electron chi connectivity index (χ3n) is 8.77. The highest BCUT2D eigenvalue weighted by atomic mass is 14.9. The molecule has 2 nitrogen and oxygen atoms in total. The average molecular weight is 515 g/mol. The molecular weight excluding hydrogens is 484 g/mol. The van der Waals surface area contributed by atoms with Gasteiger partial charge in [-0.15, -0.1) is 0 Å². The topological polar surface area (TPSA) is 24.9 Å². The van der Waals surface area contributed by atoms with Crippen molar-refractivity contribution in [3.63, 3.8) is 0 Å². The Hall–Kier alpha value is -4.69. The van der Waals surface area contributed by atoms with E-state index in [9.17, 15) is 0 Å². The highest BCUT2D eigenvalue weighted by molar-refractivity contribution is 6.10. The van der Waals surface area contributed by atoms with Crippen LogP contribution in [0.2, 0.25) is 0 Å². The third kappa shape index (κ3) is 3.91. The van der Waals surface area contributed by atoms with Crippen molar-refractivity contribution in [2.24, 2.45) is 5.92 Å². The zero-order valence-electron chi connectivity index (χ0n) is 22.3. The number of pyridine rings is 1. The van der Waals surface area contributed by atoms with Crippen molar-refractivity contribution in [1.29, 1.82) is 0 Å². The molecule has 2 heteroatoms. The number of nitrogens with zero attached hydrogens (tertiary/aromatic N) is 1. The maximum absolute atomic E-state index is 5.14. The van der Waals surface area contributed by atoms with Crippen LogP contribution in [0.25, 0.3) is 32.6 Å². The van der Waals surface area contributed by atoms with Gasteiger partial charge >= 0.3 is 0 Å². The summed E-state index contributed by atoms with van der Waals surface area (Å²) in [5, 5.41) is 8.68. The third-order valence-corrected chi connectivity index (χ3v) is 8.77. The lowest BCUT2D eigenvalue weighted by Gasteiger charge is -2.28. The summed E-state index contributed by atoms with van der Waals surface area (Å²) in [6, 6.07) is 22.0. The lowest BCUT2D eigenvalue weighted by molar-refractivity contribution is 0.731. The number of hydrogen-bond acceptors (Lipinski definition) is 2. The summed E-state index contributed by atoms with van der Waals surface area (Å²) >= 11 is 0. The van der Waals surface area contributed by atoms with Crippen molar-refractivity contribution in [3.05, 3.63) is 162 Å². The van der Waals surface area contributed by atoms with Gasteiger partial charge in [0.25, 0.3) is 0 Å². The lowest BCUT2D eigenvalue weighted by atomic mass is 9.81. The van der Waals surface area contributed by atoms with E-state index in [-0.39, 0.29) is 6.04 Å². The Morgan fingerprint density at radius 1 is 0.650 bits per heavy atom. The number of dihydropyridines is 1. The Balaban J connectivity index is 1.07. The van der Waals surface area contributed by atoms with Crippen molar-refractivity contribution in [2.75, 3.05) is 0 Å². The van der Waals surface area contributed by atoms with E-state index < -0.39 is 0 Å². The van der Waals surface area contributed by atoms with Gasteiger partial charge in [0.2, 0.25) is 0 Å². The first-order chi connectivity index (χ1) is 19.8. The zero-order chi connectivity index (χ0) is 26.5. The standard InChI is InChI=1S/C38H30N2/c1-3-9-31-27(7-1)21-23-33-37(32-10-4-6-12-36(32)40-38(31)33)30-19-15-26(16-20-30)25-13-17-29(18-14-25)35-24-22-28-8-2-5-11-34(28)39-35/h1-13,15-19,21-25,30,34,39H,14,20H2. The van der Waals surface area contributed by atoms with Gasteiger partial charge in [0.1, 0.15) is 0 Å². The fourth-order valence-corrected chi connectivity index (χ4v) is 6.67. The maximum Gasteiger partial charge on any atom is 0.0791 e. The van der Waals surface area contributed by atoms with Crippen LogP contribution in [0.15, 0.2) is 156 Å². The van der Waals surface area contributed by atoms with Crippen LogP contribution in [-0.2, 0) is 0 Å². The van der Waals surface area contributed by atoms with E-state index >= 15 is 0 Å². The van der Waals surface area contributed by atoms with E-state index in [0.29, 0.717) is 11.8 Å². The monoisotopic (exact) mass is 514 g/mol. The van der Waals surface area contributed by atoms with Gasteiger partial charge in [-0.1, -0.05) is 121 Å². The molecule has 1 aromatic heterocycles. The number of benzene rings is 3. The van der Waals surface area contributed by atoms with E-state index in [1.807, 2.05) is 0 Å². The van der Waals surface area contributed by atoms with Crippen molar-refractivity contribution in [3.8, 4) is 0 Å². The van der Waals surface area contributed by atoms with E-state index in [4.69, 9.17) is 4.98 Å². The molecule has 4 aromatic rings. The van der Waals surface area contributed by atoms with Gasteiger partial charge in [0, 0.05) is 33.7 Å². The van der Waals surface area contributed by atoms with E-state index in [1.165, 1.54) is 49.5 Å². The van der Waals surface area contributed by atoms with Gasteiger partial charge in [-0.3, -0.25) is 0 Å². The predicted octanol–water partition coefficient (Wildman–Crippen LogP) is 8.92. The molecule has 0 saturated heterocycles. The van der Waals surface area contributed by atoms with Crippen molar-refractivity contribution in [2.45, 2.75) is 24.8 Å². The number of nitrogens with one attached hydrogen (secondary N) is 1. The molecule has 3 aliphatic carbocycles. The van der Waals surface area contributed by atoms with Crippen LogP contribution in [0.5, 0.6) is 0 Å². The van der Waals surface area contributed by atoms with Crippen molar-refractivity contribution < 1.29 is 0 Å². The van der Waals surface area contributed by atoms with Crippen LogP contribution in [0.1, 0.15) is 24.3 Å². The van der Waals surface area contributed by atoms with Gasteiger partial charge < -0.3 is 5.32 Å². The quantitative estimate of drug-likeness (QED) is 0.218.